The van der Waals surface area contributed by atoms with Crippen LogP contribution < -0.4 is 16.2 Å². The van der Waals surface area contributed by atoms with Crippen LogP contribution in [0.4, 0.5) is 11.6 Å². The highest BCUT2D eigenvalue weighted by Gasteiger charge is 2.20. The molecule has 21 heavy (non-hydrogen) atoms. The van der Waals surface area contributed by atoms with Crippen LogP contribution in [-0.4, -0.2) is 22.6 Å². The van der Waals surface area contributed by atoms with Crippen molar-refractivity contribution in [2.24, 2.45) is 5.84 Å². The molecule has 0 spiro atoms. The Morgan fingerprint density at radius 2 is 1.86 bits per heavy atom. The average Bonchev–Trinajstić information content (AvgIpc) is 2.48. The van der Waals surface area contributed by atoms with E-state index in [9.17, 15) is 0 Å². The first kappa shape index (κ1) is 17.7. The molecule has 5 nitrogen and oxygen atoms in total. The standard InChI is InChI=1S/C16H31N5/c1-7-9-10-21(12(5)8-2)16-13(6)15(20-17)18-14(19-16)11(3)4/h11-12H,7-10,17H2,1-6H3,(H,18,19,20). The number of rotatable bonds is 8. The molecule has 0 aromatic carbocycles. The zero-order valence-electron chi connectivity index (χ0n) is 14.4. The highest BCUT2D eigenvalue weighted by molar-refractivity contribution is 5.58. The summed E-state index contributed by atoms with van der Waals surface area (Å²) in [4.78, 5) is 11.7. The van der Waals surface area contributed by atoms with Crippen molar-refractivity contribution in [1.29, 1.82) is 0 Å². The lowest BCUT2D eigenvalue weighted by atomic mass is 10.1. The van der Waals surface area contributed by atoms with Crippen molar-refractivity contribution in [3.63, 3.8) is 0 Å². The van der Waals surface area contributed by atoms with Gasteiger partial charge in [-0.1, -0.05) is 34.1 Å². The Hall–Kier alpha value is -1.36. The van der Waals surface area contributed by atoms with Gasteiger partial charge in [-0.15, -0.1) is 0 Å². The molecule has 1 rings (SSSR count). The molecule has 0 aliphatic rings. The molecular weight excluding hydrogens is 262 g/mol. The van der Waals surface area contributed by atoms with E-state index in [1.54, 1.807) is 0 Å². The number of hydrogen-bond donors (Lipinski definition) is 2. The largest absolute Gasteiger partial charge is 0.354 e. The van der Waals surface area contributed by atoms with Crippen LogP contribution in [0.15, 0.2) is 0 Å². The van der Waals surface area contributed by atoms with Crippen LogP contribution >= 0.6 is 0 Å². The summed E-state index contributed by atoms with van der Waals surface area (Å²) in [5.74, 6) is 8.51. The van der Waals surface area contributed by atoms with Crippen LogP contribution in [0, 0.1) is 6.92 Å². The van der Waals surface area contributed by atoms with E-state index in [1.807, 2.05) is 6.92 Å². The van der Waals surface area contributed by atoms with E-state index in [1.165, 1.54) is 6.42 Å². The number of nitrogens with two attached hydrogens (primary N) is 1. The third-order valence-electron chi connectivity index (χ3n) is 3.94. The van der Waals surface area contributed by atoms with Gasteiger partial charge in [-0.2, -0.15) is 0 Å². The van der Waals surface area contributed by atoms with Gasteiger partial charge in [0.05, 0.1) is 0 Å². The average molecular weight is 293 g/mol. The first-order chi connectivity index (χ1) is 9.96. The lowest BCUT2D eigenvalue weighted by Crippen LogP contribution is -2.35. The Morgan fingerprint density at radius 3 is 2.33 bits per heavy atom. The molecule has 0 saturated heterocycles. The van der Waals surface area contributed by atoms with Gasteiger partial charge in [0.2, 0.25) is 0 Å². The lowest BCUT2D eigenvalue weighted by molar-refractivity contribution is 0.584. The summed E-state index contributed by atoms with van der Waals surface area (Å²) in [6.07, 6.45) is 3.43. The third kappa shape index (κ3) is 4.30. The maximum Gasteiger partial charge on any atom is 0.148 e. The summed E-state index contributed by atoms with van der Waals surface area (Å²) >= 11 is 0. The Kier molecular flexibility index (Phi) is 6.89. The molecule has 120 valence electrons. The fourth-order valence-electron chi connectivity index (χ4n) is 2.28. The van der Waals surface area contributed by atoms with Crippen molar-refractivity contribution in [1.82, 2.24) is 9.97 Å². The molecule has 0 aliphatic carbocycles. The van der Waals surface area contributed by atoms with E-state index in [-0.39, 0.29) is 5.92 Å². The van der Waals surface area contributed by atoms with Gasteiger partial charge in [0.1, 0.15) is 17.5 Å². The second-order valence-corrected chi connectivity index (χ2v) is 5.98. The zero-order chi connectivity index (χ0) is 16.0. The van der Waals surface area contributed by atoms with Crippen LogP contribution in [0.3, 0.4) is 0 Å². The van der Waals surface area contributed by atoms with E-state index >= 15 is 0 Å². The Labute approximate surface area is 129 Å². The van der Waals surface area contributed by atoms with Crippen molar-refractivity contribution in [2.75, 3.05) is 16.9 Å². The van der Waals surface area contributed by atoms with Crippen LogP contribution in [0.5, 0.6) is 0 Å². The predicted molar refractivity (Wildman–Crippen MR) is 90.7 cm³/mol. The van der Waals surface area contributed by atoms with E-state index < -0.39 is 0 Å². The number of nitrogens with zero attached hydrogens (tertiary/aromatic N) is 3. The first-order valence-electron chi connectivity index (χ1n) is 8.07. The molecule has 0 radical (unpaired) electrons. The van der Waals surface area contributed by atoms with Crippen molar-refractivity contribution in [3.8, 4) is 0 Å². The summed E-state index contributed by atoms with van der Waals surface area (Å²) in [6, 6.07) is 0.454. The molecule has 1 atom stereocenters. The van der Waals surface area contributed by atoms with Gasteiger partial charge in [0.25, 0.3) is 0 Å². The molecule has 1 aromatic rings. The number of unbranched alkanes of at least 4 members (excludes halogenated alkanes) is 1. The van der Waals surface area contributed by atoms with Crippen molar-refractivity contribution < 1.29 is 0 Å². The molecule has 0 amide bonds. The summed E-state index contributed by atoms with van der Waals surface area (Å²) in [6.45, 7) is 13.9. The van der Waals surface area contributed by atoms with Gasteiger partial charge in [-0.05, 0) is 26.7 Å². The lowest BCUT2D eigenvalue weighted by Gasteiger charge is -2.32. The first-order valence-corrected chi connectivity index (χ1v) is 8.07. The summed E-state index contributed by atoms with van der Waals surface area (Å²) in [5.41, 5.74) is 3.75. The molecule has 0 aliphatic heterocycles. The van der Waals surface area contributed by atoms with Crippen molar-refractivity contribution >= 4 is 11.6 Å². The monoisotopic (exact) mass is 293 g/mol. The number of hydrogen-bond acceptors (Lipinski definition) is 5. The molecule has 0 saturated carbocycles. The second kappa shape index (κ2) is 8.17. The molecule has 0 bridgehead atoms. The van der Waals surface area contributed by atoms with E-state index in [4.69, 9.17) is 10.8 Å². The third-order valence-corrected chi connectivity index (χ3v) is 3.94. The van der Waals surface area contributed by atoms with Crippen LogP contribution in [0.25, 0.3) is 0 Å². The molecule has 1 unspecified atom stereocenters. The summed E-state index contributed by atoms with van der Waals surface area (Å²) in [7, 11) is 0. The summed E-state index contributed by atoms with van der Waals surface area (Å²) < 4.78 is 0. The van der Waals surface area contributed by atoms with E-state index in [2.05, 4.69) is 49.9 Å². The maximum atomic E-state index is 5.64. The smallest absolute Gasteiger partial charge is 0.148 e. The number of nitrogens with one attached hydrogen (secondary N) is 1. The molecule has 0 fully saturated rings. The fraction of sp³-hybridized carbons (Fsp3) is 0.750. The number of aromatic nitrogens is 2. The highest BCUT2D eigenvalue weighted by Crippen LogP contribution is 2.27. The van der Waals surface area contributed by atoms with Gasteiger partial charge in [0.15, 0.2) is 0 Å². The normalized spacial score (nSPS) is 12.6. The van der Waals surface area contributed by atoms with Crippen molar-refractivity contribution in [2.45, 2.75) is 72.8 Å². The fourth-order valence-corrected chi connectivity index (χ4v) is 2.28. The Balaban J connectivity index is 3.30. The minimum absolute atomic E-state index is 0.279. The SMILES string of the molecule is CCCCN(c1nc(C(C)C)nc(NN)c1C)C(C)CC. The highest BCUT2D eigenvalue weighted by atomic mass is 15.3. The van der Waals surface area contributed by atoms with Gasteiger partial charge < -0.3 is 10.3 Å². The number of anilines is 2. The second-order valence-electron chi connectivity index (χ2n) is 5.98. The van der Waals surface area contributed by atoms with Gasteiger partial charge in [-0.25, -0.2) is 15.8 Å². The van der Waals surface area contributed by atoms with E-state index in [0.717, 1.165) is 42.4 Å². The topological polar surface area (TPSA) is 67.1 Å². The van der Waals surface area contributed by atoms with Gasteiger partial charge >= 0.3 is 0 Å². The maximum absolute atomic E-state index is 5.64. The summed E-state index contributed by atoms with van der Waals surface area (Å²) in [5, 5.41) is 0. The number of nitrogen functional groups attached to an aromatic ring is 1. The quantitative estimate of drug-likeness (QED) is 0.566. The Morgan fingerprint density at radius 1 is 1.19 bits per heavy atom. The van der Waals surface area contributed by atoms with E-state index in [0.29, 0.717) is 6.04 Å². The van der Waals surface area contributed by atoms with Crippen LogP contribution in [-0.2, 0) is 0 Å². The van der Waals surface area contributed by atoms with Crippen LogP contribution in [0.2, 0.25) is 0 Å². The minimum atomic E-state index is 0.279. The van der Waals surface area contributed by atoms with Crippen LogP contribution in [0.1, 0.15) is 71.2 Å². The molecule has 3 N–H and O–H groups in total. The van der Waals surface area contributed by atoms with Crippen molar-refractivity contribution in [3.05, 3.63) is 11.4 Å². The Bertz CT molecular complexity index is 445. The van der Waals surface area contributed by atoms with Gasteiger partial charge in [-0.3, -0.25) is 0 Å². The molecule has 1 aromatic heterocycles. The predicted octanol–water partition coefficient (Wildman–Crippen LogP) is 3.60. The minimum Gasteiger partial charge on any atom is -0.354 e. The molecular formula is C16H31N5. The zero-order valence-corrected chi connectivity index (χ0v) is 14.4. The molecule has 5 heteroatoms. The molecule has 1 heterocycles. The number of hydrazine groups is 1. The van der Waals surface area contributed by atoms with Gasteiger partial charge in [0, 0.05) is 24.1 Å².